The minimum atomic E-state index is -0.655. The van der Waals surface area contributed by atoms with Crippen molar-refractivity contribution in [1.29, 1.82) is 5.26 Å². The topological polar surface area (TPSA) is 125 Å². The number of amides is 2. The number of methoxy groups -OCH3 is 1. The molecule has 11 heteroatoms. The van der Waals surface area contributed by atoms with Gasteiger partial charge < -0.3 is 24.1 Å². The van der Waals surface area contributed by atoms with Crippen molar-refractivity contribution >= 4 is 11.8 Å². The van der Waals surface area contributed by atoms with Crippen molar-refractivity contribution in [1.82, 2.24) is 14.7 Å². The average molecular weight is 663 g/mol. The molecule has 49 heavy (non-hydrogen) atoms. The number of carbonyl (C=O) groups excluding carboxylic acids is 2. The summed E-state index contributed by atoms with van der Waals surface area (Å²) in [5.74, 6) is 1.48. The number of phenolic OH excluding ortho intramolecular Hbond substituents is 1. The number of imide groups is 1. The number of aromatic hydroxyl groups is 1. The Kier molecular flexibility index (Phi) is 7.35. The van der Waals surface area contributed by atoms with Gasteiger partial charge in [-0.05, 0) is 63.4 Å². The van der Waals surface area contributed by atoms with E-state index in [4.69, 9.17) is 18.9 Å². The fraction of sp³-hybridized carbons (Fsp3) is 0.395. The molecule has 2 bridgehead atoms. The van der Waals surface area contributed by atoms with Crippen molar-refractivity contribution < 1.29 is 33.6 Å². The molecule has 1 N–H and O–H groups in total. The van der Waals surface area contributed by atoms with E-state index in [1.54, 1.807) is 37.5 Å². The zero-order valence-electron chi connectivity index (χ0n) is 28.0. The summed E-state index contributed by atoms with van der Waals surface area (Å²) < 4.78 is 24.3. The van der Waals surface area contributed by atoms with Gasteiger partial charge in [0.15, 0.2) is 23.0 Å². The summed E-state index contributed by atoms with van der Waals surface area (Å²) in [6.07, 6.45) is 3.44. The van der Waals surface area contributed by atoms with E-state index in [-0.39, 0.29) is 55.6 Å². The zero-order valence-corrected chi connectivity index (χ0v) is 28.0. The Labute approximate surface area is 284 Å². The van der Waals surface area contributed by atoms with E-state index in [0.29, 0.717) is 53.4 Å². The number of phenols is 1. The standard InChI is InChI=1S/C38H38N4O7/c1-6-13-47-34-20(3)35-36(49-18-48-35)30-24(34)15-26-31-29-21(14-19(2)33(46-5)32(29)43)11-12-25(40(31)4)27(16-39)42(26)28(30)17-41-37(44)22-9-7-8-10-23(22)38(41)45/h6-10,14,25-28,31,43H,1,11-13,15,17-18H2,2-5H3/t25-,26?,27-,28-,31-/m0/s1. The van der Waals surface area contributed by atoms with Crippen LogP contribution in [-0.2, 0) is 12.8 Å². The number of nitriles is 1. The summed E-state index contributed by atoms with van der Waals surface area (Å²) in [4.78, 5) is 33.5. The molecule has 1 fully saturated rings. The highest BCUT2D eigenvalue weighted by Crippen LogP contribution is 2.58. The van der Waals surface area contributed by atoms with Gasteiger partial charge in [0.1, 0.15) is 18.4 Å². The first-order chi connectivity index (χ1) is 23.7. The number of hydrogen-bond acceptors (Lipinski definition) is 10. The Morgan fingerprint density at radius 3 is 2.47 bits per heavy atom. The fourth-order valence-electron chi connectivity index (χ4n) is 9.14. The summed E-state index contributed by atoms with van der Waals surface area (Å²) in [5, 5.41) is 22.9. The van der Waals surface area contributed by atoms with Gasteiger partial charge in [-0.3, -0.25) is 24.3 Å². The smallest absolute Gasteiger partial charge is 0.261 e. The Bertz CT molecular complexity index is 1950. The van der Waals surface area contributed by atoms with Crippen LogP contribution in [0.15, 0.2) is 43.0 Å². The molecule has 1 saturated heterocycles. The maximum absolute atomic E-state index is 13.9. The van der Waals surface area contributed by atoms with Crippen molar-refractivity contribution in [3.8, 4) is 34.8 Å². The van der Waals surface area contributed by atoms with E-state index in [1.807, 2.05) is 20.9 Å². The molecule has 0 aliphatic carbocycles. The lowest BCUT2D eigenvalue weighted by Gasteiger charge is -2.57. The van der Waals surface area contributed by atoms with Gasteiger partial charge in [-0.2, -0.15) is 5.26 Å². The lowest BCUT2D eigenvalue weighted by atomic mass is 9.76. The number of aryl methyl sites for hydroxylation is 2. The lowest BCUT2D eigenvalue weighted by Crippen LogP contribution is -2.66. The van der Waals surface area contributed by atoms with Crippen LogP contribution in [0.5, 0.6) is 28.7 Å². The molecule has 252 valence electrons. The van der Waals surface area contributed by atoms with E-state index in [2.05, 4.69) is 28.5 Å². The third-order valence-corrected chi connectivity index (χ3v) is 11.1. The third-order valence-electron chi connectivity index (χ3n) is 11.1. The van der Waals surface area contributed by atoms with E-state index in [0.717, 1.165) is 33.4 Å². The van der Waals surface area contributed by atoms with Crippen LogP contribution in [0.3, 0.4) is 0 Å². The first kappa shape index (κ1) is 31.2. The minimum absolute atomic E-state index is 0.00670. The molecule has 0 saturated carbocycles. The van der Waals surface area contributed by atoms with Crippen LogP contribution in [0.1, 0.15) is 72.6 Å². The van der Waals surface area contributed by atoms with Gasteiger partial charge >= 0.3 is 0 Å². The first-order valence-electron chi connectivity index (χ1n) is 16.6. The van der Waals surface area contributed by atoms with Crippen molar-refractivity contribution in [3.63, 3.8) is 0 Å². The molecule has 5 aliphatic rings. The van der Waals surface area contributed by atoms with Crippen molar-refractivity contribution in [2.45, 2.75) is 63.3 Å². The Hall–Kier alpha value is -5.05. The van der Waals surface area contributed by atoms with Gasteiger partial charge in [0.05, 0.1) is 36.4 Å². The number of hydrogen-bond donors (Lipinski definition) is 1. The molecule has 5 atom stereocenters. The van der Waals surface area contributed by atoms with E-state index < -0.39 is 12.1 Å². The molecule has 5 heterocycles. The molecule has 2 amide bonds. The van der Waals surface area contributed by atoms with E-state index in [9.17, 15) is 20.0 Å². The predicted molar refractivity (Wildman–Crippen MR) is 178 cm³/mol. The maximum Gasteiger partial charge on any atom is 0.261 e. The molecule has 0 spiro atoms. The molecular weight excluding hydrogens is 624 g/mol. The molecule has 0 radical (unpaired) electrons. The number of fused-ring (bicyclic) bond motifs is 10. The van der Waals surface area contributed by atoms with Gasteiger partial charge in [0.25, 0.3) is 11.8 Å². The average Bonchev–Trinajstić information content (AvgIpc) is 3.65. The first-order valence-corrected chi connectivity index (χ1v) is 16.6. The second-order valence-electron chi connectivity index (χ2n) is 13.5. The van der Waals surface area contributed by atoms with Crippen LogP contribution in [0.4, 0.5) is 0 Å². The third kappa shape index (κ3) is 4.33. The molecular formula is C38H38N4O7. The quantitative estimate of drug-likeness (QED) is 0.292. The highest BCUT2D eigenvalue weighted by Gasteiger charge is 2.56. The predicted octanol–water partition coefficient (Wildman–Crippen LogP) is 4.77. The van der Waals surface area contributed by atoms with E-state index in [1.165, 1.54) is 4.90 Å². The van der Waals surface area contributed by atoms with Crippen LogP contribution in [0.2, 0.25) is 0 Å². The molecule has 8 rings (SSSR count). The summed E-state index contributed by atoms with van der Waals surface area (Å²) in [7, 11) is 3.58. The van der Waals surface area contributed by atoms with Crippen LogP contribution in [0.25, 0.3) is 0 Å². The second kappa shape index (κ2) is 11.5. The van der Waals surface area contributed by atoms with Gasteiger partial charge in [-0.1, -0.05) is 30.9 Å². The van der Waals surface area contributed by atoms with Crippen LogP contribution in [-0.4, -0.2) is 83.8 Å². The molecule has 3 aromatic carbocycles. The van der Waals surface area contributed by atoms with E-state index >= 15 is 0 Å². The molecule has 1 unspecified atom stereocenters. The van der Waals surface area contributed by atoms with Crippen LogP contribution >= 0.6 is 0 Å². The highest BCUT2D eigenvalue weighted by atomic mass is 16.7. The normalized spacial score (nSPS) is 25.1. The van der Waals surface area contributed by atoms with Gasteiger partial charge in [0.2, 0.25) is 6.79 Å². The summed E-state index contributed by atoms with van der Waals surface area (Å²) in [5.41, 5.74) is 5.72. The molecule has 0 aromatic heterocycles. The van der Waals surface area contributed by atoms with Gasteiger partial charge in [0, 0.05) is 40.9 Å². The molecule has 5 aliphatic heterocycles. The lowest BCUT2D eigenvalue weighted by molar-refractivity contribution is -0.0684. The highest BCUT2D eigenvalue weighted by molar-refractivity contribution is 6.21. The Balaban J connectivity index is 1.38. The number of benzene rings is 3. The number of likely N-dealkylation sites (N-methyl/N-ethyl adjacent to an activating group) is 1. The number of rotatable bonds is 6. The zero-order chi connectivity index (χ0) is 34.3. The van der Waals surface area contributed by atoms with Crippen LogP contribution < -0.4 is 18.9 Å². The summed E-state index contributed by atoms with van der Waals surface area (Å²) in [6, 6.07) is 9.34. The molecule has 3 aromatic rings. The SMILES string of the molecule is C=CCOc1c(C)c2c(c3c1CC1[C@H]4c5c(cc(C)c(OC)c5O)CC[C@@H]([C@H](C#N)N1[C@H]3CN1C(=O)c3ccccc3C1=O)N4C)OCO2. The van der Waals surface area contributed by atoms with Gasteiger partial charge in [-0.15, -0.1) is 0 Å². The summed E-state index contributed by atoms with van der Waals surface area (Å²) >= 11 is 0. The van der Waals surface area contributed by atoms with Crippen molar-refractivity contribution in [2.24, 2.45) is 0 Å². The number of nitrogens with zero attached hydrogens (tertiary/aromatic N) is 4. The monoisotopic (exact) mass is 662 g/mol. The number of carbonyl (C=O) groups is 2. The second-order valence-corrected chi connectivity index (χ2v) is 13.5. The Morgan fingerprint density at radius 1 is 1.08 bits per heavy atom. The largest absolute Gasteiger partial charge is 0.504 e. The Morgan fingerprint density at radius 2 is 1.80 bits per heavy atom. The van der Waals surface area contributed by atoms with Gasteiger partial charge in [-0.25, -0.2) is 0 Å². The minimum Gasteiger partial charge on any atom is -0.504 e. The van der Waals surface area contributed by atoms with Crippen LogP contribution in [0, 0.1) is 25.2 Å². The molecule has 11 nitrogen and oxygen atoms in total. The summed E-state index contributed by atoms with van der Waals surface area (Å²) in [6.45, 7) is 7.95. The number of ether oxygens (including phenoxy) is 4. The fourth-order valence-corrected chi connectivity index (χ4v) is 9.14. The van der Waals surface area contributed by atoms with Crippen molar-refractivity contribution in [3.05, 3.63) is 87.5 Å². The maximum atomic E-state index is 13.9. The van der Waals surface area contributed by atoms with Crippen molar-refractivity contribution in [2.75, 3.05) is 34.1 Å². The number of piperazine rings is 1.